The minimum absolute atomic E-state index is 0.0475. The molecule has 4 heteroatoms. The lowest BCUT2D eigenvalue weighted by atomic mass is 10.2. The number of rotatable bonds is 2. The molecule has 0 aromatic carbocycles. The van der Waals surface area contributed by atoms with Gasteiger partial charge in [0.25, 0.3) is 0 Å². The van der Waals surface area contributed by atoms with Gasteiger partial charge >= 0.3 is 0 Å². The molecular weight excluding hydrogens is 197 g/mol. The van der Waals surface area contributed by atoms with Gasteiger partial charge in [-0.3, -0.25) is 9.78 Å². The van der Waals surface area contributed by atoms with Crippen LogP contribution in [-0.4, -0.2) is 16.6 Å². The van der Waals surface area contributed by atoms with E-state index in [0.29, 0.717) is 10.7 Å². The first-order valence-corrected chi connectivity index (χ1v) is 4.27. The third kappa shape index (κ3) is 1.96. The summed E-state index contributed by atoms with van der Waals surface area (Å²) in [5.41, 5.74) is 1.20. The van der Waals surface area contributed by atoms with Crippen LogP contribution in [0, 0.1) is 6.92 Å². The number of hydrogen-bond donors (Lipinski definition) is 0. The Morgan fingerprint density at radius 2 is 2.33 bits per heavy atom. The molecule has 0 saturated heterocycles. The molecule has 0 aliphatic rings. The number of nitrogens with zero attached hydrogens (tertiary/aromatic N) is 1. The normalized spacial score (nSPS) is 9.92. The summed E-state index contributed by atoms with van der Waals surface area (Å²) < 4.78 is 0. The van der Waals surface area contributed by atoms with E-state index in [1.807, 2.05) is 6.92 Å². The quantitative estimate of drug-likeness (QED) is 0.547. The Kier molecular flexibility index (Phi) is 3.06. The van der Waals surface area contributed by atoms with Gasteiger partial charge in [-0.05, 0) is 18.6 Å². The van der Waals surface area contributed by atoms with Gasteiger partial charge in [0, 0.05) is 6.20 Å². The summed E-state index contributed by atoms with van der Waals surface area (Å²) in [6, 6.07) is 1.63. The number of ketones is 1. The van der Waals surface area contributed by atoms with Gasteiger partial charge in [0.2, 0.25) is 0 Å². The van der Waals surface area contributed by atoms with Crippen molar-refractivity contribution in [2.45, 2.75) is 6.92 Å². The highest BCUT2D eigenvalue weighted by Crippen LogP contribution is 2.14. The molecule has 2 nitrogen and oxygen atoms in total. The van der Waals surface area contributed by atoms with Crippen LogP contribution in [0.3, 0.4) is 0 Å². The number of pyridine rings is 1. The molecule has 0 aliphatic heterocycles. The molecular formula is C8H7Cl2NO. The average Bonchev–Trinajstić information content (AvgIpc) is 2.08. The van der Waals surface area contributed by atoms with E-state index in [-0.39, 0.29) is 11.7 Å². The summed E-state index contributed by atoms with van der Waals surface area (Å²) in [5, 5.41) is 0.557. The lowest BCUT2D eigenvalue weighted by molar-refractivity contribution is 0.101. The van der Waals surface area contributed by atoms with Gasteiger partial charge in [-0.2, -0.15) is 0 Å². The van der Waals surface area contributed by atoms with Crippen molar-refractivity contribution in [3.8, 4) is 0 Å². The summed E-state index contributed by atoms with van der Waals surface area (Å²) in [7, 11) is 0. The van der Waals surface area contributed by atoms with Crippen molar-refractivity contribution in [3.63, 3.8) is 0 Å². The van der Waals surface area contributed by atoms with E-state index in [2.05, 4.69) is 4.98 Å². The van der Waals surface area contributed by atoms with Gasteiger partial charge in [-0.15, -0.1) is 11.6 Å². The van der Waals surface area contributed by atoms with E-state index in [4.69, 9.17) is 23.2 Å². The first-order valence-electron chi connectivity index (χ1n) is 3.36. The van der Waals surface area contributed by atoms with E-state index in [1.165, 1.54) is 6.20 Å². The van der Waals surface area contributed by atoms with Crippen molar-refractivity contribution in [3.05, 3.63) is 28.5 Å². The number of halogens is 2. The van der Waals surface area contributed by atoms with Crippen molar-refractivity contribution in [1.29, 1.82) is 0 Å². The minimum atomic E-state index is -0.184. The lowest BCUT2D eigenvalue weighted by Crippen LogP contribution is -2.03. The Bertz CT molecular complexity index is 312. The van der Waals surface area contributed by atoms with Crippen molar-refractivity contribution >= 4 is 29.0 Å². The summed E-state index contributed by atoms with van der Waals surface area (Å²) in [6.45, 7) is 1.81. The first-order chi connectivity index (χ1) is 5.65. The van der Waals surface area contributed by atoms with Crippen LogP contribution in [0.4, 0.5) is 0 Å². The highest BCUT2D eigenvalue weighted by atomic mass is 35.5. The van der Waals surface area contributed by atoms with Crippen LogP contribution in [0.2, 0.25) is 5.02 Å². The maximum absolute atomic E-state index is 11.0. The standard InChI is InChI=1S/C8H7Cl2NO/c1-5-2-7(8(12)3-9)11-4-6(5)10/h2,4H,3H2,1H3. The summed E-state index contributed by atoms with van der Waals surface area (Å²) in [4.78, 5) is 14.9. The summed E-state index contributed by atoms with van der Waals surface area (Å²) >= 11 is 11.1. The van der Waals surface area contributed by atoms with Crippen LogP contribution in [0.1, 0.15) is 16.1 Å². The molecule has 1 aromatic heterocycles. The number of carbonyl (C=O) groups excluding carboxylic acids is 1. The molecule has 0 aliphatic carbocycles. The van der Waals surface area contributed by atoms with Gasteiger partial charge in [-0.25, -0.2) is 0 Å². The van der Waals surface area contributed by atoms with E-state index >= 15 is 0 Å². The number of aromatic nitrogens is 1. The Morgan fingerprint density at radius 3 is 2.83 bits per heavy atom. The van der Waals surface area contributed by atoms with Crippen molar-refractivity contribution in [2.75, 3.05) is 5.88 Å². The fourth-order valence-corrected chi connectivity index (χ4v) is 1.00. The number of hydrogen-bond acceptors (Lipinski definition) is 2. The highest BCUT2D eigenvalue weighted by Gasteiger charge is 2.06. The molecule has 0 spiro atoms. The van der Waals surface area contributed by atoms with Crippen LogP contribution in [-0.2, 0) is 0 Å². The number of carbonyl (C=O) groups is 1. The molecule has 12 heavy (non-hydrogen) atoms. The van der Waals surface area contributed by atoms with Gasteiger partial charge < -0.3 is 0 Å². The van der Waals surface area contributed by atoms with Gasteiger partial charge in [-0.1, -0.05) is 11.6 Å². The van der Waals surface area contributed by atoms with Crippen LogP contribution in [0.25, 0.3) is 0 Å². The molecule has 0 fully saturated rings. The fourth-order valence-electron chi connectivity index (χ4n) is 0.760. The van der Waals surface area contributed by atoms with Crippen LogP contribution in [0.5, 0.6) is 0 Å². The second kappa shape index (κ2) is 3.87. The molecule has 0 unspecified atom stereocenters. The van der Waals surface area contributed by atoms with E-state index in [9.17, 15) is 4.79 Å². The van der Waals surface area contributed by atoms with Crippen LogP contribution < -0.4 is 0 Å². The highest BCUT2D eigenvalue weighted by molar-refractivity contribution is 6.32. The molecule has 64 valence electrons. The van der Waals surface area contributed by atoms with Gasteiger partial charge in [0.1, 0.15) is 5.69 Å². The van der Waals surface area contributed by atoms with Crippen LogP contribution in [0.15, 0.2) is 12.3 Å². The molecule has 0 bridgehead atoms. The summed E-state index contributed by atoms with van der Waals surface area (Å²) in [5.74, 6) is -0.231. The van der Waals surface area contributed by atoms with Crippen molar-refractivity contribution in [1.82, 2.24) is 4.98 Å². The molecule has 1 heterocycles. The Balaban J connectivity index is 3.05. The monoisotopic (exact) mass is 203 g/mol. The smallest absolute Gasteiger partial charge is 0.195 e. The predicted octanol–water partition coefficient (Wildman–Crippen LogP) is 2.46. The largest absolute Gasteiger partial charge is 0.291 e. The maximum atomic E-state index is 11.0. The maximum Gasteiger partial charge on any atom is 0.195 e. The third-order valence-corrected chi connectivity index (χ3v) is 2.09. The fraction of sp³-hybridized carbons (Fsp3) is 0.250. The van der Waals surface area contributed by atoms with E-state index in [0.717, 1.165) is 5.56 Å². The van der Waals surface area contributed by atoms with Crippen molar-refractivity contribution in [2.24, 2.45) is 0 Å². The first kappa shape index (κ1) is 9.49. The lowest BCUT2D eigenvalue weighted by Gasteiger charge is -1.99. The Labute approximate surface area is 80.5 Å². The topological polar surface area (TPSA) is 30.0 Å². The Hall–Kier alpha value is -0.600. The molecule has 0 amide bonds. The third-order valence-electron chi connectivity index (χ3n) is 1.45. The van der Waals surface area contributed by atoms with Gasteiger partial charge in [0.05, 0.1) is 10.9 Å². The van der Waals surface area contributed by atoms with E-state index < -0.39 is 0 Å². The van der Waals surface area contributed by atoms with Gasteiger partial charge in [0.15, 0.2) is 5.78 Å². The average molecular weight is 204 g/mol. The second-order valence-electron chi connectivity index (χ2n) is 2.38. The van der Waals surface area contributed by atoms with Crippen molar-refractivity contribution < 1.29 is 4.79 Å². The number of aryl methyl sites for hydroxylation is 1. The predicted molar refractivity (Wildman–Crippen MR) is 49.0 cm³/mol. The molecule has 0 radical (unpaired) electrons. The van der Waals surface area contributed by atoms with Crippen LogP contribution >= 0.6 is 23.2 Å². The SMILES string of the molecule is Cc1cc(C(=O)CCl)ncc1Cl. The Morgan fingerprint density at radius 1 is 1.67 bits per heavy atom. The second-order valence-corrected chi connectivity index (χ2v) is 3.05. The molecule has 0 N–H and O–H groups in total. The zero-order valence-electron chi connectivity index (χ0n) is 6.47. The minimum Gasteiger partial charge on any atom is -0.291 e. The molecule has 0 atom stereocenters. The zero-order chi connectivity index (χ0) is 9.14. The molecule has 1 rings (SSSR count). The number of alkyl halides is 1. The zero-order valence-corrected chi connectivity index (χ0v) is 7.99. The molecule has 1 aromatic rings. The number of Topliss-reactive ketones (excluding diaryl/α,β-unsaturated/α-hetero) is 1. The summed E-state index contributed by atoms with van der Waals surface area (Å²) in [6.07, 6.45) is 1.46. The van der Waals surface area contributed by atoms with E-state index in [1.54, 1.807) is 6.07 Å². The molecule has 0 saturated carbocycles.